The third-order valence-electron chi connectivity index (χ3n) is 12.8. The van der Waals surface area contributed by atoms with Crippen molar-refractivity contribution in [3.8, 4) is 23.3 Å². The van der Waals surface area contributed by atoms with Gasteiger partial charge in [0.1, 0.15) is 11.7 Å². The van der Waals surface area contributed by atoms with Crippen LogP contribution in [-0.4, -0.2) is 65.3 Å². The van der Waals surface area contributed by atoms with E-state index in [0.717, 1.165) is 67.3 Å². The lowest BCUT2D eigenvalue weighted by Crippen LogP contribution is -2.48. The SMILES string of the molecule is CCC1=C(C(C=Cc2ccccc2)CC(O)CCC2C#CC(C(O)CCCCC3CNC4CC(=O)CCC4C3)C(=O)CCc3cc(OC)c(O)cc32)C=C(N)NC1. The number of ether oxygens (including phenoxy) is 1. The number of aliphatic hydroxyl groups excluding tert-OH is 2. The lowest BCUT2D eigenvalue weighted by molar-refractivity contribution is -0.124. The fourth-order valence-electron chi connectivity index (χ4n) is 9.42. The van der Waals surface area contributed by atoms with Crippen molar-refractivity contribution in [2.24, 2.45) is 29.4 Å². The summed E-state index contributed by atoms with van der Waals surface area (Å²) in [6.45, 7) is 3.75. The molecule has 2 aliphatic carbocycles. The first kappa shape index (κ1) is 42.3. The number of phenolic OH excluding ortho intramolecular Hbond substituents is 1. The Hall–Kier alpha value is -4.36. The predicted octanol–water partition coefficient (Wildman–Crippen LogP) is 6.86. The summed E-state index contributed by atoms with van der Waals surface area (Å²) in [5.41, 5.74) is 11.4. The Morgan fingerprint density at radius 1 is 1.04 bits per heavy atom. The van der Waals surface area contributed by atoms with Gasteiger partial charge in [0, 0.05) is 43.7 Å². The van der Waals surface area contributed by atoms with E-state index in [1.54, 1.807) is 12.1 Å². The quantitative estimate of drug-likeness (QED) is 0.0793. The van der Waals surface area contributed by atoms with Crippen LogP contribution in [0.5, 0.6) is 11.5 Å². The van der Waals surface area contributed by atoms with Gasteiger partial charge in [-0.15, -0.1) is 0 Å². The Balaban J connectivity index is 1.14. The number of dihydropyridines is 1. The topological polar surface area (TPSA) is 154 Å². The van der Waals surface area contributed by atoms with Crippen molar-refractivity contribution >= 4 is 17.6 Å². The Morgan fingerprint density at radius 2 is 1.86 bits per heavy atom. The van der Waals surface area contributed by atoms with Gasteiger partial charge in [0.15, 0.2) is 17.3 Å². The van der Waals surface area contributed by atoms with Crippen molar-refractivity contribution in [2.75, 3.05) is 20.2 Å². The molecule has 0 aromatic heterocycles. The molecule has 9 heteroatoms. The van der Waals surface area contributed by atoms with Gasteiger partial charge >= 0.3 is 0 Å². The lowest BCUT2D eigenvalue weighted by atomic mass is 9.74. The van der Waals surface area contributed by atoms with E-state index < -0.39 is 18.1 Å². The number of hydrogen-bond acceptors (Lipinski definition) is 9. The maximum Gasteiger partial charge on any atom is 0.160 e. The van der Waals surface area contributed by atoms with E-state index in [0.29, 0.717) is 86.7 Å². The monoisotopic (exact) mass is 777 g/mol. The first-order valence-electron chi connectivity index (χ1n) is 21.3. The summed E-state index contributed by atoms with van der Waals surface area (Å²) in [6, 6.07) is 14.0. The van der Waals surface area contributed by atoms with Crippen LogP contribution in [0.3, 0.4) is 0 Å². The molecule has 2 aliphatic heterocycles. The minimum absolute atomic E-state index is 0.00634. The largest absolute Gasteiger partial charge is 0.504 e. The van der Waals surface area contributed by atoms with Crippen molar-refractivity contribution < 1.29 is 29.6 Å². The van der Waals surface area contributed by atoms with Crippen LogP contribution in [0.25, 0.3) is 6.08 Å². The number of methoxy groups -OCH3 is 1. The second kappa shape index (κ2) is 20.4. The van der Waals surface area contributed by atoms with E-state index in [4.69, 9.17) is 10.5 Å². The Kier molecular flexibility index (Phi) is 15.1. The minimum Gasteiger partial charge on any atom is -0.504 e. The number of piperidine rings is 1. The number of benzene rings is 2. The molecule has 2 heterocycles. The van der Waals surface area contributed by atoms with E-state index in [2.05, 4.69) is 53.7 Å². The van der Waals surface area contributed by atoms with Crippen molar-refractivity contribution in [2.45, 2.75) is 121 Å². The smallest absolute Gasteiger partial charge is 0.160 e. The maximum atomic E-state index is 13.7. The summed E-state index contributed by atoms with van der Waals surface area (Å²) in [6.07, 6.45) is 14.5. The van der Waals surface area contributed by atoms with Crippen LogP contribution in [0.1, 0.15) is 113 Å². The summed E-state index contributed by atoms with van der Waals surface area (Å²) in [7, 11) is 1.51. The van der Waals surface area contributed by atoms with E-state index in [1.165, 1.54) is 12.7 Å². The molecule has 9 nitrogen and oxygen atoms in total. The normalized spacial score (nSPS) is 25.4. The fourth-order valence-corrected chi connectivity index (χ4v) is 9.42. The predicted molar refractivity (Wildman–Crippen MR) is 225 cm³/mol. The van der Waals surface area contributed by atoms with E-state index >= 15 is 0 Å². The minimum atomic E-state index is -0.873. The number of nitrogens with one attached hydrogen (secondary N) is 2. The number of unbranched alkanes of at least 4 members (excludes halogenated alkanes) is 1. The highest BCUT2D eigenvalue weighted by atomic mass is 16.5. The molecule has 6 rings (SSSR count). The zero-order chi connectivity index (χ0) is 40.3. The molecule has 8 unspecified atom stereocenters. The first-order chi connectivity index (χ1) is 27.6. The number of aryl methyl sites for hydroxylation is 1. The number of nitrogens with two attached hydrogens (primary N) is 1. The first-order valence-corrected chi connectivity index (χ1v) is 21.3. The molecule has 0 amide bonds. The number of carbonyl (C=O) groups excluding carboxylic acids is 2. The Bertz CT molecular complexity index is 1860. The van der Waals surface area contributed by atoms with Gasteiger partial charge in [-0.3, -0.25) is 9.59 Å². The Morgan fingerprint density at radius 3 is 2.65 bits per heavy atom. The zero-order valence-electron chi connectivity index (χ0n) is 33.8. The van der Waals surface area contributed by atoms with Gasteiger partial charge in [0.2, 0.25) is 0 Å². The van der Waals surface area contributed by atoms with Gasteiger partial charge in [-0.25, -0.2) is 0 Å². The average molecular weight is 778 g/mol. The standard InChI is InChI=1S/C48H63N3O6/c1-3-33-30-51-48(49)28-42(33)35(14-13-31-9-5-4-6-10-31)24-38(52)19-15-34-17-21-40(45(55)22-18-36-25-47(57-2)46(56)27-41(34)36)44(54)12-8-7-11-32-23-37-16-20-39(53)26-43(37)50-29-32/h4-6,9-10,13-14,25,27-28,32,34-35,37-38,40,43-44,50-52,54,56H,3,7-8,11-12,15-16,18-20,22-24,26,29-30,49H2,1-2H3. The van der Waals surface area contributed by atoms with Crippen LogP contribution in [0, 0.1) is 35.5 Å². The van der Waals surface area contributed by atoms with Crippen molar-refractivity contribution in [3.63, 3.8) is 0 Å². The number of rotatable bonds is 16. The summed E-state index contributed by atoms with van der Waals surface area (Å²) < 4.78 is 5.45. The highest BCUT2D eigenvalue weighted by Gasteiger charge is 2.35. The number of Topliss-reactive ketones (excluding diaryl/α,β-unsaturated/α-hetero) is 2. The third kappa shape index (κ3) is 11.4. The number of aromatic hydroxyl groups is 1. The molecule has 2 aromatic rings. The molecule has 8 atom stereocenters. The summed E-state index contributed by atoms with van der Waals surface area (Å²) in [4.78, 5) is 25.6. The number of hydrogen-bond donors (Lipinski definition) is 6. The van der Waals surface area contributed by atoms with Gasteiger partial charge in [-0.2, -0.15) is 0 Å². The van der Waals surface area contributed by atoms with Gasteiger partial charge in [-0.05, 0) is 122 Å². The van der Waals surface area contributed by atoms with Crippen LogP contribution >= 0.6 is 0 Å². The maximum absolute atomic E-state index is 13.7. The fraction of sp³-hybridized carbons (Fsp3) is 0.542. The second-order valence-corrected chi connectivity index (χ2v) is 16.7. The summed E-state index contributed by atoms with van der Waals surface area (Å²) >= 11 is 0. The molecule has 4 aliphatic rings. The van der Waals surface area contributed by atoms with Crippen molar-refractivity contribution in [3.05, 3.63) is 88.3 Å². The lowest BCUT2D eigenvalue weighted by Gasteiger charge is -2.39. The van der Waals surface area contributed by atoms with Gasteiger partial charge in [-0.1, -0.05) is 74.1 Å². The van der Waals surface area contributed by atoms with Crippen LogP contribution in [0.15, 0.2) is 71.6 Å². The van der Waals surface area contributed by atoms with Gasteiger partial charge in [0.05, 0.1) is 25.1 Å². The average Bonchev–Trinajstić information content (AvgIpc) is 3.27. The van der Waals surface area contributed by atoms with Crippen molar-refractivity contribution in [1.29, 1.82) is 0 Å². The zero-order valence-corrected chi connectivity index (χ0v) is 33.8. The molecule has 1 saturated heterocycles. The van der Waals surface area contributed by atoms with E-state index in [9.17, 15) is 24.9 Å². The van der Waals surface area contributed by atoms with Gasteiger partial charge < -0.3 is 36.4 Å². The second-order valence-electron chi connectivity index (χ2n) is 16.7. The summed E-state index contributed by atoms with van der Waals surface area (Å²) in [5.74, 6) is 7.76. The molecule has 2 fully saturated rings. The molecule has 2 aromatic carbocycles. The molecular weight excluding hydrogens is 715 g/mol. The number of phenols is 1. The number of aliphatic hydroxyl groups is 2. The molecule has 0 spiro atoms. The van der Waals surface area contributed by atoms with Crippen molar-refractivity contribution in [1.82, 2.24) is 10.6 Å². The summed E-state index contributed by atoms with van der Waals surface area (Å²) in [5, 5.41) is 40.9. The molecule has 306 valence electrons. The van der Waals surface area contributed by atoms with Crippen LogP contribution in [0.2, 0.25) is 0 Å². The van der Waals surface area contributed by atoms with Crippen LogP contribution < -0.4 is 21.1 Å². The molecular formula is C48H63N3O6. The third-order valence-corrected chi connectivity index (χ3v) is 12.8. The molecule has 1 saturated carbocycles. The number of fused-ring (bicyclic) bond motifs is 2. The van der Waals surface area contributed by atoms with Crippen LogP contribution in [0.4, 0.5) is 0 Å². The number of allylic oxidation sites excluding steroid dienone is 3. The number of carbonyl (C=O) groups is 2. The molecule has 7 N–H and O–H groups in total. The van der Waals surface area contributed by atoms with Crippen LogP contribution in [-0.2, 0) is 16.0 Å². The van der Waals surface area contributed by atoms with Gasteiger partial charge in [0.25, 0.3) is 0 Å². The highest BCUT2D eigenvalue weighted by Crippen LogP contribution is 2.38. The number of ketones is 2. The highest BCUT2D eigenvalue weighted by molar-refractivity contribution is 5.85. The van der Waals surface area contributed by atoms with E-state index in [-0.39, 0.29) is 29.8 Å². The van der Waals surface area contributed by atoms with E-state index in [1.807, 2.05) is 24.3 Å². The Labute approximate surface area is 339 Å². The molecule has 0 bridgehead atoms. The molecule has 0 radical (unpaired) electrons. The molecule has 57 heavy (non-hydrogen) atoms.